The molecule has 13 heavy (non-hydrogen) atoms. The Hall–Kier alpha value is -0.410. The zero-order valence-electron chi connectivity index (χ0n) is 8.29. The van der Waals surface area contributed by atoms with Crippen molar-refractivity contribution in [3.05, 3.63) is 0 Å². The van der Waals surface area contributed by atoms with Crippen molar-refractivity contribution in [3.63, 3.8) is 0 Å². The maximum atomic E-state index is 11.7. The van der Waals surface area contributed by atoms with Crippen LogP contribution in [0.25, 0.3) is 0 Å². The first-order valence-corrected chi connectivity index (χ1v) is 4.80. The van der Waals surface area contributed by atoms with Gasteiger partial charge in [0.15, 0.2) is 0 Å². The molecule has 1 rings (SSSR count). The van der Waals surface area contributed by atoms with Crippen LogP contribution in [0.4, 0.5) is 0 Å². The van der Waals surface area contributed by atoms with E-state index in [0.717, 1.165) is 6.42 Å². The van der Waals surface area contributed by atoms with Gasteiger partial charge in [-0.05, 0) is 18.8 Å². The summed E-state index contributed by atoms with van der Waals surface area (Å²) in [6.45, 7) is 3.89. The number of carbonyl (C=O) groups is 1. The highest BCUT2D eigenvalue weighted by atomic mass is 16.3. The molecule has 1 fully saturated rings. The van der Waals surface area contributed by atoms with Gasteiger partial charge in [0.1, 0.15) is 5.78 Å². The van der Waals surface area contributed by atoms with Crippen molar-refractivity contribution in [2.75, 3.05) is 13.2 Å². The summed E-state index contributed by atoms with van der Waals surface area (Å²) in [4.78, 5) is 11.7. The normalized spacial score (nSPS) is 32.5. The predicted octanol–water partition coefficient (Wildman–Crippen LogP) is 0.593. The van der Waals surface area contributed by atoms with Crippen LogP contribution in [0, 0.1) is 17.3 Å². The van der Waals surface area contributed by atoms with Gasteiger partial charge in [-0.25, -0.2) is 0 Å². The van der Waals surface area contributed by atoms with Gasteiger partial charge in [-0.15, -0.1) is 0 Å². The first kappa shape index (κ1) is 10.7. The molecule has 0 aromatic rings. The van der Waals surface area contributed by atoms with Gasteiger partial charge in [0.2, 0.25) is 0 Å². The molecular weight excluding hydrogens is 168 g/mol. The van der Waals surface area contributed by atoms with Crippen molar-refractivity contribution < 1.29 is 15.0 Å². The summed E-state index contributed by atoms with van der Waals surface area (Å²) in [5.74, 6) is 0.169. The van der Waals surface area contributed by atoms with Gasteiger partial charge >= 0.3 is 0 Å². The molecule has 0 saturated heterocycles. The lowest BCUT2D eigenvalue weighted by Crippen LogP contribution is -2.28. The van der Waals surface area contributed by atoms with Gasteiger partial charge in [-0.3, -0.25) is 4.79 Å². The van der Waals surface area contributed by atoms with E-state index in [2.05, 4.69) is 0 Å². The molecule has 3 heteroatoms. The smallest absolute Gasteiger partial charge is 0.144 e. The standard InChI is InChI=1S/C10H18O3/c1-10(2)8(3-4-11)5-7(6-12)9(10)13/h7-8,11-12H,3-6H2,1-2H3/t7?,8-/m0/s1. The third-order valence-corrected chi connectivity index (χ3v) is 3.29. The van der Waals surface area contributed by atoms with Crippen molar-refractivity contribution in [3.8, 4) is 0 Å². The molecule has 1 unspecified atom stereocenters. The van der Waals surface area contributed by atoms with Gasteiger partial charge in [-0.1, -0.05) is 13.8 Å². The Morgan fingerprint density at radius 2 is 2.08 bits per heavy atom. The number of hydrogen-bond acceptors (Lipinski definition) is 3. The van der Waals surface area contributed by atoms with E-state index in [1.165, 1.54) is 0 Å². The van der Waals surface area contributed by atoms with Crippen LogP contribution in [0.1, 0.15) is 26.7 Å². The van der Waals surface area contributed by atoms with E-state index in [0.29, 0.717) is 6.42 Å². The quantitative estimate of drug-likeness (QED) is 0.678. The summed E-state index contributed by atoms with van der Waals surface area (Å²) in [5.41, 5.74) is -0.365. The number of rotatable bonds is 3. The van der Waals surface area contributed by atoms with Gasteiger partial charge in [-0.2, -0.15) is 0 Å². The third-order valence-electron chi connectivity index (χ3n) is 3.29. The Bertz CT molecular complexity index is 198. The minimum atomic E-state index is -0.365. The van der Waals surface area contributed by atoms with Crippen LogP contribution < -0.4 is 0 Å². The summed E-state index contributed by atoms with van der Waals surface area (Å²) >= 11 is 0. The lowest BCUT2D eigenvalue weighted by Gasteiger charge is -2.24. The molecule has 0 aliphatic heterocycles. The zero-order valence-corrected chi connectivity index (χ0v) is 8.29. The summed E-state index contributed by atoms with van der Waals surface area (Å²) in [6.07, 6.45) is 1.39. The second kappa shape index (κ2) is 3.76. The molecule has 0 radical (unpaired) electrons. The van der Waals surface area contributed by atoms with E-state index in [1.54, 1.807) is 0 Å². The summed E-state index contributed by atoms with van der Waals surface area (Å²) in [7, 11) is 0. The van der Waals surface area contributed by atoms with Crippen LogP contribution in [0.15, 0.2) is 0 Å². The number of Topliss-reactive ketones (excluding diaryl/α,β-unsaturated/α-hetero) is 1. The molecule has 1 saturated carbocycles. The Labute approximate surface area is 78.8 Å². The molecule has 2 N–H and O–H groups in total. The largest absolute Gasteiger partial charge is 0.396 e. The number of ketones is 1. The van der Waals surface area contributed by atoms with Crippen molar-refractivity contribution in [2.45, 2.75) is 26.7 Å². The molecule has 1 aliphatic carbocycles. The van der Waals surface area contributed by atoms with Gasteiger partial charge in [0.25, 0.3) is 0 Å². The van der Waals surface area contributed by atoms with E-state index >= 15 is 0 Å². The van der Waals surface area contributed by atoms with Crippen molar-refractivity contribution in [1.82, 2.24) is 0 Å². The Kier molecular flexibility index (Phi) is 3.09. The van der Waals surface area contributed by atoms with E-state index in [-0.39, 0.29) is 36.2 Å². The minimum Gasteiger partial charge on any atom is -0.396 e. The molecular formula is C10H18O3. The first-order chi connectivity index (χ1) is 6.04. The summed E-state index contributed by atoms with van der Waals surface area (Å²) in [5, 5.41) is 17.8. The molecule has 2 atom stereocenters. The Balaban J connectivity index is 2.74. The van der Waals surface area contributed by atoms with Crippen LogP contribution in [-0.4, -0.2) is 29.2 Å². The molecule has 0 spiro atoms. The van der Waals surface area contributed by atoms with Gasteiger partial charge in [0.05, 0.1) is 6.61 Å². The molecule has 0 bridgehead atoms. The van der Waals surface area contributed by atoms with Crippen LogP contribution >= 0.6 is 0 Å². The maximum Gasteiger partial charge on any atom is 0.144 e. The molecule has 0 aromatic heterocycles. The van der Waals surface area contributed by atoms with Crippen molar-refractivity contribution in [1.29, 1.82) is 0 Å². The van der Waals surface area contributed by atoms with E-state index in [1.807, 2.05) is 13.8 Å². The fourth-order valence-corrected chi connectivity index (χ4v) is 2.26. The highest BCUT2D eigenvalue weighted by molar-refractivity contribution is 5.88. The van der Waals surface area contributed by atoms with Crippen molar-refractivity contribution in [2.24, 2.45) is 17.3 Å². The second-order valence-electron chi connectivity index (χ2n) is 4.41. The maximum absolute atomic E-state index is 11.7. The predicted molar refractivity (Wildman–Crippen MR) is 49.2 cm³/mol. The van der Waals surface area contributed by atoms with Gasteiger partial charge in [0, 0.05) is 17.9 Å². The summed E-state index contributed by atoms with van der Waals surface area (Å²) < 4.78 is 0. The van der Waals surface area contributed by atoms with Crippen LogP contribution in [0.2, 0.25) is 0 Å². The molecule has 0 aromatic carbocycles. The number of hydrogen-bond donors (Lipinski definition) is 2. The highest BCUT2D eigenvalue weighted by Gasteiger charge is 2.47. The number of aliphatic hydroxyl groups is 2. The van der Waals surface area contributed by atoms with Gasteiger partial charge < -0.3 is 10.2 Å². The first-order valence-electron chi connectivity index (χ1n) is 4.80. The lowest BCUT2D eigenvalue weighted by molar-refractivity contribution is -0.129. The van der Waals surface area contributed by atoms with E-state index in [4.69, 9.17) is 10.2 Å². The molecule has 0 heterocycles. The Morgan fingerprint density at radius 1 is 1.46 bits per heavy atom. The van der Waals surface area contributed by atoms with Crippen LogP contribution in [-0.2, 0) is 4.79 Å². The van der Waals surface area contributed by atoms with E-state index in [9.17, 15) is 4.79 Å². The second-order valence-corrected chi connectivity index (χ2v) is 4.41. The molecule has 0 amide bonds. The number of aliphatic hydroxyl groups excluding tert-OH is 2. The van der Waals surface area contributed by atoms with Crippen LogP contribution in [0.3, 0.4) is 0 Å². The Morgan fingerprint density at radius 3 is 2.46 bits per heavy atom. The molecule has 3 nitrogen and oxygen atoms in total. The van der Waals surface area contributed by atoms with E-state index < -0.39 is 0 Å². The number of carbonyl (C=O) groups excluding carboxylic acids is 1. The molecule has 76 valence electrons. The van der Waals surface area contributed by atoms with Crippen LogP contribution in [0.5, 0.6) is 0 Å². The topological polar surface area (TPSA) is 57.5 Å². The lowest BCUT2D eigenvalue weighted by atomic mass is 9.79. The average molecular weight is 186 g/mol. The SMILES string of the molecule is CC1(C)C(=O)C(CO)C[C@@H]1CCO. The van der Waals surface area contributed by atoms with Crippen molar-refractivity contribution >= 4 is 5.78 Å². The third kappa shape index (κ3) is 1.76. The monoisotopic (exact) mass is 186 g/mol. The minimum absolute atomic E-state index is 0.0514. The molecule has 1 aliphatic rings. The fraction of sp³-hybridized carbons (Fsp3) is 0.900. The zero-order chi connectivity index (χ0) is 10.1. The average Bonchev–Trinajstić information content (AvgIpc) is 2.29. The fourth-order valence-electron chi connectivity index (χ4n) is 2.26. The summed E-state index contributed by atoms with van der Waals surface area (Å²) in [6, 6.07) is 0. The highest BCUT2D eigenvalue weighted by Crippen LogP contribution is 2.44.